The number of hydrogen-bond donors (Lipinski definition) is 2. The van der Waals surface area contributed by atoms with Crippen LogP contribution >= 0.6 is 0 Å². The van der Waals surface area contributed by atoms with Gasteiger partial charge in [-0.2, -0.15) is 0 Å². The number of fused-ring (bicyclic) bond motifs is 2. The number of aliphatic hydroxyl groups excluding tert-OH is 1. The fraction of sp³-hybridized carbons (Fsp3) is 0.542. The molecule has 9 nitrogen and oxygen atoms in total. The van der Waals surface area contributed by atoms with E-state index in [9.17, 15) is 24.6 Å². The molecule has 7 atom stereocenters. The van der Waals surface area contributed by atoms with Crippen LogP contribution in [0.5, 0.6) is 5.75 Å². The Morgan fingerprint density at radius 1 is 1.18 bits per heavy atom. The number of phenols is 1. The highest BCUT2D eigenvalue weighted by molar-refractivity contribution is 6.29. The Morgan fingerprint density at radius 2 is 1.91 bits per heavy atom. The zero-order valence-electron chi connectivity index (χ0n) is 18.9. The molecule has 7 rings (SSSR count). The minimum atomic E-state index is -0.962. The summed E-state index contributed by atoms with van der Waals surface area (Å²) < 4.78 is 17.4. The van der Waals surface area contributed by atoms with Crippen molar-refractivity contribution >= 4 is 17.5 Å². The van der Waals surface area contributed by atoms with E-state index in [1.807, 2.05) is 19.0 Å². The van der Waals surface area contributed by atoms with E-state index in [0.717, 1.165) is 0 Å². The zero-order valence-corrected chi connectivity index (χ0v) is 18.9. The molecule has 4 bridgehead atoms. The largest absolute Gasteiger partial charge is 0.507 e. The summed E-state index contributed by atoms with van der Waals surface area (Å²) in [5, 5.41) is 21.3. The van der Waals surface area contributed by atoms with Crippen LogP contribution in [0.4, 0.5) is 0 Å². The number of Topliss-reactive ketones (excluding diaryl/α,β-unsaturated/α-hetero) is 2. The second-order valence-corrected chi connectivity index (χ2v) is 9.44. The Hall–Kier alpha value is -2.59. The summed E-state index contributed by atoms with van der Waals surface area (Å²) in [6, 6.07) is 2.90. The van der Waals surface area contributed by atoms with E-state index >= 15 is 0 Å². The summed E-state index contributed by atoms with van der Waals surface area (Å²) in [4.78, 5) is 41.0. The van der Waals surface area contributed by atoms with Crippen molar-refractivity contribution in [3.05, 3.63) is 40.0 Å². The third kappa shape index (κ3) is 3.25. The molecule has 2 saturated heterocycles. The van der Waals surface area contributed by atoms with Gasteiger partial charge in [0.15, 0.2) is 17.9 Å². The van der Waals surface area contributed by atoms with Gasteiger partial charge in [0.2, 0.25) is 0 Å². The summed E-state index contributed by atoms with van der Waals surface area (Å²) in [6.07, 6.45) is -3.39. The van der Waals surface area contributed by atoms with Gasteiger partial charge in [0.25, 0.3) is 0 Å². The van der Waals surface area contributed by atoms with Gasteiger partial charge in [0.1, 0.15) is 11.9 Å². The van der Waals surface area contributed by atoms with E-state index in [1.165, 1.54) is 6.07 Å². The maximum atomic E-state index is 13.5. The van der Waals surface area contributed by atoms with E-state index in [4.69, 9.17) is 14.2 Å². The van der Waals surface area contributed by atoms with Crippen molar-refractivity contribution < 1.29 is 38.8 Å². The summed E-state index contributed by atoms with van der Waals surface area (Å²) in [7, 11) is 3.71. The first-order valence-corrected chi connectivity index (χ1v) is 11.1. The van der Waals surface area contributed by atoms with Crippen LogP contribution in [-0.2, 0) is 19.0 Å². The number of carbonyl (C=O) groups excluding carboxylic acids is 3. The van der Waals surface area contributed by atoms with E-state index < -0.39 is 54.2 Å². The fourth-order valence-electron chi connectivity index (χ4n) is 5.55. The summed E-state index contributed by atoms with van der Waals surface area (Å²) >= 11 is 0. The molecule has 9 heteroatoms. The highest BCUT2D eigenvalue weighted by atomic mass is 16.7. The molecule has 6 aliphatic rings. The Balaban J connectivity index is 1.54. The molecular weight excluding hydrogens is 430 g/mol. The van der Waals surface area contributed by atoms with E-state index in [1.54, 1.807) is 19.9 Å². The lowest BCUT2D eigenvalue weighted by Crippen LogP contribution is -2.54. The predicted octanol–water partition coefficient (Wildman–Crippen LogP) is 1.31. The molecule has 0 amide bonds. The van der Waals surface area contributed by atoms with Crippen molar-refractivity contribution in [1.29, 1.82) is 0 Å². The summed E-state index contributed by atoms with van der Waals surface area (Å²) in [5.41, 5.74) is 0.677. The smallest absolute Gasteiger partial charge is 0.307 e. The van der Waals surface area contributed by atoms with Crippen LogP contribution in [0.25, 0.3) is 0 Å². The number of rotatable bonds is 4. The van der Waals surface area contributed by atoms with Crippen molar-refractivity contribution in [1.82, 2.24) is 4.90 Å². The van der Waals surface area contributed by atoms with Crippen LogP contribution in [0, 0.1) is 0 Å². The standard InChI is InChI=1S/C24H27NO8/c1-9(31-16-8-14(25(3)4)20(27)10(2)32-16)17-19-22(29)12-6-5-11(21(28)18(12)23(17)30)13-7-15(26)33-24(13)19/h5-6,9-10,13-14,16,20,24,27-28H,7-8H2,1-4H3/t9-,10-,13+,14-,16-,20-,24+/m1/s1. The first-order valence-electron chi connectivity index (χ1n) is 11.1. The molecule has 176 valence electrons. The van der Waals surface area contributed by atoms with Crippen molar-refractivity contribution in [3.8, 4) is 5.75 Å². The number of carbonyl (C=O) groups is 3. The number of nitrogens with zero attached hydrogens (tertiary/aromatic N) is 1. The van der Waals surface area contributed by atoms with Crippen molar-refractivity contribution in [2.75, 3.05) is 14.1 Å². The normalized spacial score (nSPS) is 33.9. The highest BCUT2D eigenvalue weighted by Crippen LogP contribution is 2.49. The Morgan fingerprint density at radius 3 is 2.61 bits per heavy atom. The average Bonchev–Trinajstić information content (AvgIpc) is 3.12. The fourth-order valence-corrected chi connectivity index (χ4v) is 5.55. The first-order chi connectivity index (χ1) is 15.6. The van der Waals surface area contributed by atoms with Crippen LogP contribution in [0.1, 0.15) is 58.9 Å². The number of ketones is 2. The van der Waals surface area contributed by atoms with Gasteiger partial charge >= 0.3 is 5.97 Å². The van der Waals surface area contributed by atoms with Gasteiger partial charge in [-0.05, 0) is 34.0 Å². The number of esters is 1. The van der Waals surface area contributed by atoms with Crippen molar-refractivity contribution in [2.24, 2.45) is 0 Å². The maximum Gasteiger partial charge on any atom is 0.307 e. The first kappa shape index (κ1) is 22.2. The van der Waals surface area contributed by atoms with Gasteiger partial charge in [0.05, 0.1) is 35.9 Å². The monoisotopic (exact) mass is 457 g/mol. The van der Waals surface area contributed by atoms with E-state index in [0.29, 0.717) is 12.0 Å². The van der Waals surface area contributed by atoms with E-state index in [-0.39, 0.29) is 40.5 Å². The second-order valence-electron chi connectivity index (χ2n) is 9.44. The topological polar surface area (TPSA) is 123 Å². The summed E-state index contributed by atoms with van der Waals surface area (Å²) in [5.74, 6) is -2.28. The van der Waals surface area contributed by atoms with E-state index in [2.05, 4.69) is 0 Å². The number of aliphatic hydroxyl groups is 1. The SMILES string of the molecule is C[C@@H](O[C@H]1C[C@@H](N(C)C)[C@H](O)[C@@H](C)O1)C1=C2C(=O)c3ccc(c(O)c3C1=O)[C@@H]1CC(=O)O[C@H]21. The quantitative estimate of drug-likeness (QED) is 0.644. The molecule has 0 saturated carbocycles. The molecule has 0 radical (unpaired) electrons. The van der Waals surface area contributed by atoms with Crippen LogP contribution in [0.3, 0.4) is 0 Å². The molecule has 1 aromatic rings. The highest BCUT2D eigenvalue weighted by Gasteiger charge is 2.51. The lowest BCUT2D eigenvalue weighted by Gasteiger charge is -2.42. The van der Waals surface area contributed by atoms with Gasteiger partial charge < -0.3 is 29.3 Å². The van der Waals surface area contributed by atoms with Gasteiger partial charge in [-0.25, -0.2) is 0 Å². The number of benzene rings is 1. The molecular formula is C24H27NO8. The maximum absolute atomic E-state index is 13.5. The zero-order chi connectivity index (χ0) is 23.8. The van der Waals surface area contributed by atoms with Gasteiger partial charge in [-0.15, -0.1) is 0 Å². The molecule has 2 aliphatic heterocycles. The van der Waals surface area contributed by atoms with Crippen molar-refractivity contribution in [3.63, 3.8) is 0 Å². The Kier molecular flexibility index (Phi) is 5.20. The molecule has 0 spiro atoms. The molecule has 33 heavy (non-hydrogen) atoms. The number of likely N-dealkylation sites (N-methyl/N-ethyl adjacent to an activating group) is 1. The molecule has 4 aliphatic carbocycles. The van der Waals surface area contributed by atoms with Gasteiger partial charge in [-0.3, -0.25) is 14.4 Å². The van der Waals surface area contributed by atoms with Crippen LogP contribution in [0.15, 0.2) is 23.3 Å². The number of phenolic OH excluding ortho intramolecular Hbond substituents is 1. The number of ether oxygens (including phenoxy) is 3. The molecule has 2 N–H and O–H groups in total. The number of aromatic hydroxyl groups is 1. The van der Waals surface area contributed by atoms with Crippen LogP contribution in [0.2, 0.25) is 0 Å². The second kappa shape index (κ2) is 7.73. The minimum absolute atomic E-state index is 0.0101. The molecule has 1 aromatic carbocycles. The lowest BCUT2D eigenvalue weighted by molar-refractivity contribution is -0.242. The Labute approximate surface area is 190 Å². The number of hydrogen-bond acceptors (Lipinski definition) is 9. The lowest BCUT2D eigenvalue weighted by atomic mass is 9.71. The van der Waals surface area contributed by atoms with Gasteiger partial charge in [-0.1, -0.05) is 6.07 Å². The molecule has 2 heterocycles. The van der Waals surface area contributed by atoms with Crippen LogP contribution in [-0.4, -0.2) is 83.5 Å². The minimum Gasteiger partial charge on any atom is -0.507 e. The Bertz CT molecular complexity index is 1090. The molecule has 0 aromatic heterocycles. The van der Waals surface area contributed by atoms with Gasteiger partial charge in [0, 0.05) is 35.1 Å². The third-order valence-corrected chi connectivity index (χ3v) is 7.26. The van der Waals surface area contributed by atoms with Crippen LogP contribution < -0.4 is 0 Å². The predicted molar refractivity (Wildman–Crippen MR) is 114 cm³/mol. The third-order valence-electron chi connectivity index (χ3n) is 7.26. The summed E-state index contributed by atoms with van der Waals surface area (Å²) in [6.45, 7) is 3.39. The average molecular weight is 457 g/mol. The van der Waals surface area contributed by atoms with Crippen molar-refractivity contribution in [2.45, 2.75) is 69.4 Å². The molecule has 2 fully saturated rings. The molecule has 0 unspecified atom stereocenters.